The lowest BCUT2D eigenvalue weighted by molar-refractivity contribution is 0.303. The summed E-state index contributed by atoms with van der Waals surface area (Å²) in [4.78, 5) is 0.101. The van der Waals surface area contributed by atoms with E-state index in [-0.39, 0.29) is 4.90 Å². The summed E-state index contributed by atoms with van der Waals surface area (Å²) >= 11 is 6.18. The highest BCUT2D eigenvalue weighted by Crippen LogP contribution is 2.44. The van der Waals surface area contributed by atoms with Crippen molar-refractivity contribution in [2.45, 2.75) is 49.5 Å². The molecule has 6 heteroatoms. The lowest BCUT2D eigenvalue weighted by Crippen LogP contribution is -2.28. The quantitative estimate of drug-likeness (QED) is 0.890. The van der Waals surface area contributed by atoms with E-state index in [0.29, 0.717) is 16.8 Å². The molecule has 2 saturated carbocycles. The normalized spacial score (nSPS) is 26.6. The van der Waals surface area contributed by atoms with Gasteiger partial charge in [0.1, 0.15) is 0 Å². The van der Waals surface area contributed by atoms with Crippen LogP contribution < -0.4 is 10.5 Å². The van der Waals surface area contributed by atoms with E-state index < -0.39 is 10.0 Å². The molecule has 3 N–H and O–H groups in total. The number of hydrogen-bond donors (Lipinski definition) is 2. The lowest BCUT2D eigenvalue weighted by Gasteiger charge is -2.31. The second-order valence-corrected chi connectivity index (χ2v) is 8.26. The topological polar surface area (TPSA) is 72.2 Å². The van der Waals surface area contributed by atoms with Gasteiger partial charge >= 0.3 is 0 Å². The van der Waals surface area contributed by atoms with Gasteiger partial charge in [-0.15, -0.1) is 0 Å². The monoisotopic (exact) mass is 328 g/mol. The standard InChI is InChI=1S/C15H21ClN2O2S/c16-14-7-6-13(21(17,19)20)9-15(14)18-12-3-1-2-11(8-12)10-4-5-10/h6-7,9-12,18H,1-5,8H2,(H2,17,19,20). The Hall–Kier alpha value is -0.780. The molecule has 2 atom stereocenters. The molecule has 0 radical (unpaired) electrons. The van der Waals surface area contributed by atoms with E-state index in [1.54, 1.807) is 12.1 Å². The molecule has 0 aliphatic heterocycles. The van der Waals surface area contributed by atoms with Crippen molar-refractivity contribution >= 4 is 27.3 Å². The van der Waals surface area contributed by atoms with Crippen LogP contribution in [0.15, 0.2) is 23.1 Å². The second-order valence-electron chi connectivity index (χ2n) is 6.29. The van der Waals surface area contributed by atoms with Gasteiger partial charge in [-0.05, 0) is 55.7 Å². The van der Waals surface area contributed by atoms with Crippen LogP contribution in [0, 0.1) is 11.8 Å². The molecule has 0 amide bonds. The van der Waals surface area contributed by atoms with Crippen LogP contribution in [-0.2, 0) is 10.0 Å². The summed E-state index contributed by atoms with van der Waals surface area (Å²) in [5.41, 5.74) is 0.671. The molecule has 2 aliphatic rings. The second kappa shape index (κ2) is 5.78. The number of nitrogens with two attached hydrogens (primary N) is 1. The van der Waals surface area contributed by atoms with E-state index in [1.807, 2.05) is 0 Å². The molecule has 0 bridgehead atoms. The van der Waals surface area contributed by atoms with E-state index in [1.165, 1.54) is 31.7 Å². The predicted molar refractivity (Wildman–Crippen MR) is 84.9 cm³/mol. The highest BCUT2D eigenvalue weighted by Gasteiger charge is 2.34. The minimum atomic E-state index is -3.70. The first-order valence-corrected chi connectivity index (χ1v) is 9.45. The molecule has 0 saturated heterocycles. The molecular formula is C15H21ClN2O2S. The SMILES string of the molecule is NS(=O)(=O)c1ccc(Cl)c(NC2CCCC(C3CC3)C2)c1. The molecule has 0 aromatic heterocycles. The Morgan fingerprint density at radius 1 is 1.14 bits per heavy atom. The highest BCUT2D eigenvalue weighted by atomic mass is 35.5. The van der Waals surface area contributed by atoms with Gasteiger partial charge in [-0.1, -0.05) is 24.4 Å². The van der Waals surface area contributed by atoms with Crippen molar-refractivity contribution < 1.29 is 8.42 Å². The predicted octanol–water partition coefficient (Wildman–Crippen LogP) is 3.37. The number of primary sulfonamides is 1. The summed E-state index contributed by atoms with van der Waals surface area (Å²) < 4.78 is 22.9. The van der Waals surface area contributed by atoms with Gasteiger partial charge in [0.2, 0.25) is 10.0 Å². The molecule has 2 unspecified atom stereocenters. The third-order valence-electron chi connectivity index (χ3n) is 4.63. The Morgan fingerprint density at radius 2 is 1.90 bits per heavy atom. The van der Waals surface area contributed by atoms with Gasteiger partial charge in [0.05, 0.1) is 15.6 Å². The zero-order chi connectivity index (χ0) is 15.0. The maximum Gasteiger partial charge on any atom is 0.238 e. The number of anilines is 1. The molecule has 21 heavy (non-hydrogen) atoms. The fourth-order valence-corrected chi connectivity index (χ4v) is 4.08. The van der Waals surface area contributed by atoms with Crippen molar-refractivity contribution in [3.8, 4) is 0 Å². The van der Waals surface area contributed by atoms with Crippen LogP contribution in [0.5, 0.6) is 0 Å². The van der Waals surface area contributed by atoms with Crippen molar-refractivity contribution in [3.63, 3.8) is 0 Å². The van der Waals surface area contributed by atoms with Gasteiger partial charge in [0.25, 0.3) is 0 Å². The Bertz CT molecular complexity index is 629. The van der Waals surface area contributed by atoms with E-state index in [0.717, 1.165) is 24.7 Å². The first-order chi connectivity index (χ1) is 9.93. The van der Waals surface area contributed by atoms with Crippen molar-refractivity contribution in [3.05, 3.63) is 23.2 Å². The Morgan fingerprint density at radius 3 is 2.57 bits per heavy atom. The third-order valence-corrected chi connectivity index (χ3v) is 5.87. The number of benzene rings is 1. The van der Waals surface area contributed by atoms with Crippen molar-refractivity contribution in [1.29, 1.82) is 0 Å². The van der Waals surface area contributed by atoms with Crippen LogP contribution in [-0.4, -0.2) is 14.5 Å². The molecule has 2 fully saturated rings. The van der Waals surface area contributed by atoms with Gasteiger partial charge in [0, 0.05) is 6.04 Å². The minimum absolute atomic E-state index is 0.101. The minimum Gasteiger partial charge on any atom is -0.381 e. The fraction of sp³-hybridized carbons (Fsp3) is 0.600. The van der Waals surface area contributed by atoms with Crippen molar-refractivity contribution in [2.75, 3.05) is 5.32 Å². The maximum atomic E-state index is 11.4. The fourth-order valence-electron chi connectivity index (χ4n) is 3.37. The van der Waals surface area contributed by atoms with Gasteiger partial charge < -0.3 is 5.32 Å². The molecule has 3 rings (SSSR count). The third kappa shape index (κ3) is 3.71. The van der Waals surface area contributed by atoms with Gasteiger partial charge in [0.15, 0.2) is 0 Å². The average Bonchev–Trinajstić information content (AvgIpc) is 3.25. The molecule has 116 valence electrons. The van der Waals surface area contributed by atoms with E-state index >= 15 is 0 Å². The van der Waals surface area contributed by atoms with E-state index in [4.69, 9.17) is 16.7 Å². The van der Waals surface area contributed by atoms with Crippen LogP contribution in [0.2, 0.25) is 5.02 Å². The van der Waals surface area contributed by atoms with Crippen LogP contribution >= 0.6 is 11.6 Å². The molecule has 2 aliphatic carbocycles. The Kier molecular flexibility index (Phi) is 4.17. The number of halogens is 1. The summed E-state index contributed by atoms with van der Waals surface area (Å²) in [6.07, 6.45) is 7.57. The van der Waals surface area contributed by atoms with Crippen LogP contribution in [0.1, 0.15) is 38.5 Å². The Balaban J connectivity index is 1.74. The molecular weight excluding hydrogens is 308 g/mol. The molecule has 0 heterocycles. The van der Waals surface area contributed by atoms with Crippen LogP contribution in [0.3, 0.4) is 0 Å². The number of hydrogen-bond acceptors (Lipinski definition) is 3. The molecule has 1 aromatic rings. The molecule has 0 spiro atoms. The molecule has 4 nitrogen and oxygen atoms in total. The number of sulfonamides is 1. The van der Waals surface area contributed by atoms with Crippen molar-refractivity contribution in [1.82, 2.24) is 0 Å². The number of nitrogens with one attached hydrogen (secondary N) is 1. The van der Waals surface area contributed by atoms with Crippen LogP contribution in [0.4, 0.5) is 5.69 Å². The van der Waals surface area contributed by atoms with E-state index in [2.05, 4.69) is 5.32 Å². The zero-order valence-electron chi connectivity index (χ0n) is 11.9. The maximum absolute atomic E-state index is 11.4. The van der Waals surface area contributed by atoms with Gasteiger partial charge in [-0.2, -0.15) is 0 Å². The smallest absolute Gasteiger partial charge is 0.238 e. The van der Waals surface area contributed by atoms with Gasteiger partial charge in [-0.3, -0.25) is 0 Å². The first kappa shape index (κ1) is 15.1. The largest absolute Gasteiger partial charge is 0.381 e. The van der Waals surface area contributed by atoms with Crippen molar-refractivity contribution in [2.24, 2.45) is 17.0 Å². The summed E-state index contributed by atoms with van der Waals surface area (Å²) in [5, 5.41) is 9.14. The lowest BCUT2D eigenvalue weighted by atomic mass is 9.82. The summed E-state index contributed by atoms with van der Waals surface area (Å²) in [5.74, 6) is 1.73. The van der Waals surface area contributed by atoms with Gasteiger partial charge in [-0.25, -0.2) is 13.6 Å². The highest BCUT2D eigenvalue weighted by molar-refractivity contribution is 7.89. The molecule has 1 aromatic carbocycles. The van der Waals surface area contributed by atoms with E-state index in [9.17, 15) is 8.42 Å². The Labute approximate surface area is 131 Å². The summed E-state index contributed by atoms with van der Waals surface area (Å²) in [7, 11) is -3.70. The first-order valence-electron chi connectivity index (χ1n) is 7.52. The summed E-state index contributed by atoms with van der Waals surface area (Å²) in [6, 6.07) is 4.94. The number of rotatable bonds is 4. The van der Waals surface area contributed by atoms with Crippen LogP contribution in [0.25, 0.3) is 0 Å². The summed E-state index contributed by atoms with van der Waals surface area (Å²) in [6.45, 7) is 0. The average molecular weight is 329 g/mol. The zero-order valence-corrected chi connectivity index (χ0v) is 13.5.